The number of ether oxygens (including phenoxy) is 1. The van der Waals surface area contributed by atoms with Crippen molar-refractivity contribution in [2.24, 2.45) is 0 Å². The molecule has 0 aliphatic carbocycles. The third-order valence-corrected chi connectivity index (χ3v) is 3.53. The number of hydrogen-bond acceptors (Lipinski definition) is 6. The molecule has 1 aliphatic heterocycles. The van der Waals surface area contributed by atoms with E-state index in [-0.39, 0.29) is 28.7 Å². The highest BCUT2D eigenvalue weighted by Gasteiger charge is 2.32. The van der Waals surface area contributed by atoms with Crippen LogP contribution in [0.3, 0.4) is 0 Å². The van der Waals surface area contributed by atoms with Crippen LogP contribution >= 0.6 is 12.2 Å². The van der Waals surface area contributed by atoms with Crippen molar-refractivity contribution in [2.45, 2.75) is 0 Å². The average Bonchev–Trinajstić information content (AvgIpc) is 2.55. The smallest absolute Gasteiger partial charge is 0.311 e. The summed E-state index contributed by atoms with van der Waals surface area (Å²) < 4.78 is 4.91. The number of rotatable bonds is 5. The zero-order valence-corrected chi connectivity index (χ0v) is 13.5. The summed E-state index contributed by atoms with van der Waals surface area (Å²) in [5.74, 6) is -1.18. The molecule has 1 fully saturated rings. The van der Waals surface area contributed by atoms with Crippen LogP contribution in [0.2, 0.25) is 0 Å². The van der Waals surface area contributed by atoms with E-state index in [9.17, 15) is 19.7 Å². The number of benzene rings is 1. The van der Waals surface area contributed by atoms with E-state index in [1.165, 1.54) is 42.4 Å². The lowest BCUT2D eigenvalue weighted by Gasteiger charge is -2.27. The molecule has 8 nitrogen and oxygen atoms in total. The lowest BCUT2D eigenvalue weighted by Crippen LogP contribution is -2.53. The highest BCUT2D eigenvalue weighted by atomic mass is 32.1. The Morgan fingerprint density at radius 1 is 1.46 bits per heavy atom. The second-order valence-corrected chi connectivity index (χ2v) is 5.10. The van der Waals surface area contributed by atoms with Crippen molar-refractivity contribution in [1.82, 2.24) is 10.2 Å². The molecule has 0 aromatic heterocycles. The number of nitro groups is 1. The molecule has 1 N–H and O–H groups in total. The van der Waals surface area contributed by atoms with Crippen molar-refractivity contribution < 1.29 is 19.2 Å². The van der Waals surface area contributed by atoms with Crippen molar-refractivity contribution in [3.8, 4) is 5.75 Å². The molecule has 24 heavy (non-hydrogen) atoms. The average molecular weight is 347 g/mol. The molecule has 0 unspecified atom stereocenters. The molecule has 2 amide bonds. The summed E-state index contributed by atoms with van der Waals surface area (Å²) in [6.07, 6.45) is 2.74. The van der Waals surface area contributed by atoms with Crippen molar-refractivity contribution >= 4 is 40.9 Å². The minimum Gasteiger partial charge on any atom is -0.490 e. The first kappa shape index (κ1) is 17.3. The summed E-state index contributed by atoms with van der Waals surface area (Å²) in [6, 6.07) is 4.11. The van der Waals surface area contributed by atoms with E-state index in [4.69, 9.17) is 17.0 Å². The topological polar surface area (TPSA) is 102 Å². The van der Waals surface area contributed by atoms with E-state index in [0.29, 0.717) is 5.56 Å². The lowest BCUT2D eigenvalue weighted by molar-refractivity contribution is -0.385. The van der Waals surface area contributed by atoms with Crippen LogP contribution in [0.15, 0.2) is 36.4 Å². The largest absolute Gasteiger partial charge is 0.490 e. The monoisotopic (exact) mass is 347 g/mol. The van der Waals surface area contributed by atoms with E-state index in [1.54, 1.807) is 0 Å². The third-order valence-electron chi connectivity index (χ3n) is 3.21. The van der Waals surface area contributed by atoms with Gasteiger partial charge in [0.25, 0.3) is 11.8 Å². The van der Waals surface area contributed by atoms with Crippen LogP contribution in [-0.2, 0) is 9.59 Å². The first-order valence-electron chi connectivity index (χ1n) is 6.71. The van der Waals surface area contributed by atoms with E-state index in [0.717, 1.165) is 0 Å². The molecule has 1 aromatic rings. The first-order chi connectivity index (χ1) is 11.4. The molecule has 0 spiro atoms. The normalized spacial score (nSPS) is 16.1. The van der Waals surface area contributed by atoms with Gasteiger partial charge >= 0.3 is 5.69 Å². The zero-order valence-electron chi connectivity index (χ0n) is 12.6. The van der Waals surface area contributed by atoms with E-state index >= 15 is 0 Å². The number of nitrogens with one attached hydrogen (secondary N) is 1. The molecule has 0 radical (unpaired) electrons. The summed E-state index contributed by atoms with van der Waals surface area (Å²) in [5.41, 5.74) is -0.133. The van der Waals surface area contributed by atoms with Crippen LogP contribution in [0.1, 0.15) is 5.56 Å². The Kier molecular flexibility index (Phi) is 5.05. The van der Waals surface area contributed by atoms with Crippen molar-refractivity contribution in [3.63, 3.8) is 0 Å². The molecule has 1 aliphatic rings. The van der Waals surface area contributed by atoms with Gasteiger partial charge in [-0.25, -0.2) is 0 Å². The van der Waals surface area contributed by atoms with Crippen molar-refractivity contribution in [1.29, 1.82) is 0 Å². The third kappa shape index (κ3) is 3.30. The van der Waals surface area contributed by atoms with Gasteiger partial charge in [0, 0.05) is 12.6 Å². The lowest BCUT2D eigenvalue weighted by atomic mass is 10.1. The fraction of sp³-hybridized carbons (Fsp3) is 0.133. The number of carbonyl (C=O) groups excluding carboxylic acids is 2. The summed E-state index contributed by atoms with van der Waals surface area (Å²) in [5, 5.41) is 13.4. The standard InChI is InChI=1S/C15H13N3O5S/c1-3-6-17-14(20)10(13(19)16-15(17)24)7-9-4-5-12(23-2)11(8-9)18(21)22/h3-5,7-8H,1,6H2,2H3,(H,16,19,24)/b10-7+. The first-order valence-corrected chi connectivity index (χ1v) is 7.12. The maximum atomic E-state index is 12.4. The fourth-order valence-electron chi connectivity index (χ4n) is 2.10. The number of carbonyl (C=O) groups is 2. The van der Waals surface area contributed by atoms with Crippen LogP contribution < -0.4 is 10.1 Å². The second-order valence-electron chi connectivity index (χ2n) is 4.71. The molecule has 9 heteroatoms. The molecule has 0 atom stereocenters. The number of nitrogens with zero attached hydrogens (tertiary/aromatic N) is 2. The molecule has 1 saturated heterocycles. The Morgan fingerprint density at radius 3 is 2.75 bits per heavy atom. The Labute approximate surface area is 142 Å². The molecular formula is C15H13N3O5S. The molecule has 124 valence electrons. The van der Waals surface area contributed by atoms with Crippen LogP contribution in [0.4, 0.5) is 5.69 Å². The summed E-state index contributed by atoms with van der Waals surface area (Å²) >= 11 is 4.94. The highest BCUT2D eigenvalue weighted by Crippen LogP contribution is 2.28. The molecule has 2 rings (SSSR count). The fourth-order valence-corrected chi connectivity index (χ4v) is 2.35. The van der Waals surface area contributed by atoms with Gasteiger partial charge in [-0.3, -0.25) is 29.9 Å². The van der Waals surface area contributed by atoms with Gasteiger partial charge in [-0.1, -0.05) is 12.1 Å². The van der Waals surface area contributed by atoms with E-state index in [1.807, 2.05) is 0 Å². The highest BCUT2D eigenvalue weighted by molar-refractivity contribution is 7.80. The quantitative estimate of drug-likeness (QED) is 0.216. The van der Waals surface area contributed by atoms with Gasteiger partial charge in [0.05, 0.1) is 12.0 Å². The maximum absolute atomic E-state index is 12.4. The van der Waals surface area contributed by atoms with Gasteiger partial charge in [0.2, 0.25) is 0 Å². The number of methoxy groups -OCH3 is 1. The molecule has 1 heterocycles. The Bertz CT molecular complexity index is 787. The number of nitro benzene ring substituents is 1. The summed E-state index contributed by atoms with van der Waals surface area (Å²) in [4.78, 5) is 36.0. The van der Waals surface area contributed by atoms with Gasteiger partial charge < -0.3 is 4.74 Å². The predicted octanol–water partition coefficient (Wildman–Crippen LogP) is 1.42. The van der Waals surface area contributed by atoms with E-state index < -0.39 is 16.7 Å². The minimum atomic E-state index is -0.663. The van der Waals surface area contributed by atoms with Gasteiger partial charge in [-0.15, -0.1) is 6.58 Å². The van der Waals surface area contributed by atoms with Crippen LogP contribution in [0.5, 0.6) is 5.75 Å². The Morgan fingerprint density at radius 2 is 2.17 bits per heavy atom. The van der Waals surface area contributed by atoms with Crippen LogP contribution in [0.25, 0.3) is 6.08 Å². The molecule has 0 bridgehead atoms. The Balaban J connectivity index is 2.45. The molecule has 0 saturated carbocycles. The number of hydrogen-bond donors (Lipinski definition) is 1. The number of thiocarbonyl (C=S) groups is 1. The van der Waals surface area contributed by atoms with Gasteiger partial charge in [-0.05, 0) is 29.9 Å². The predicted molar refractivity (Wildman–Crippen MR) is 90.3 cm³/mol. The van der Waals surface area contributed by atoms with E-state index in [2.05, 4.69) is 11.9 Å². The van der Waals surface area contributed by atoms with Crippen LogP contribution in [0, 0.1) is 10.1 Å². The SMILES string of the molecule is C=CCN1C(=O)/C(=C/c2ccc(OC)c([N+](=O)[O-])c2)C(=O)NC1=S. The van der Waals surface area contributed by atoms with Crippen LogP contribution in [-0.4, -0.2) is 40.4 Å². The van der Waals surface area contributed by atoms with Crippen molar-refractivity contribution in [3.05, 3.63) is 52.1 Å². The molecule has 1 aromatic carbocycles. The van der Waals surface area contributed by atoms with Gasteiger partial charge in [0.1, 0.15) is 5.57 Å². The van der Waals surface area contributed by atoms with Crippen molar-refractivity contribution in [2.75, 3.05) is 13.7 Å². The summed E-state index contributed by atoms with van der Waals surface area (Å²) in [7, 11) is 1.31. The number of amides is 2. The Hall–Kier alpha value is -3.07. The summed E-state index contributed by atoms with van der Waals surface area (Å²) in [6.45, 7) is 3.66. The minimum absolute atomic E-state index is 0.0113. The second kappa shape index (κ2) is 7.01. The zero-order chi connectivity index (χ0) is 17.9. The van der Waals surface area contributed by atoms with Gasteiger partial charge in [-0.2, -0.15) is 0 Å². The maximum Gasteiger partial charge on any atom is 0.311 e. The molecular weight excluding hydrogens is 334 g/mol. The van der Waals surface area contributed by atoms with Gasteiger partial charge in [0.15, 0.2) is 10.9 Å².